The van der Waals surface area contributed by atoms with Crippen LogP contribution in [0.1, 0.15) is 17.2 Å². The number of amides is 2. The van der Waals surface area contributed by atoms with Crippen LogP contribution in [0.4, 0.5) is 11.4 Å². The summed E-state index contributed by atoms with van der Waals surface area (Å²) in [5, 5.41) is 2.15. The van der Waals surface area contributed by atoms with Crippen molar-refractivity contribution in [3.8, 4) is 5.75 Å². The van der Waals surface area contributed by atoms with E-state index in [1.165, 1.54) is 4.90 Å². The molecule has 162 valence electrons. The molecule has 0 radical (unpaired) electrons. The van der Waals surface area contributed by atoms with Gasteiger partial charge in [-0.05, 0) is 42.8 Å². The fourth-order valence-electron chi connectivity index (χ4n) is 4.52. The van der Waals surface area contributed by atoms with Crippen molar-refractivity contribution in [2.24, 2.45) is 5.92 Å². The van der Waals surface area contributed by atoms with Crippen molar-refractivity contribution in [1.29, 1.82) is 0 Å². The standard InChI is InChI=1S/C25H21ClN2O4/c1-15-18(26)12-8-13-19(15)27-24(29)21-22(17-11-6-7-14-20(17)31-2)28(32-23(21)25(27)30)16-9-4-3-5-10-16/h3-14,21-23H,1-2H3/t21-,22+,23-/m1/s1. The summed E-state index contributed by atoms with van der Waals surface area (Å²) in [5.74, 6) is -0.832. The molecule has 0 unspecified atom stereocenters. The number of ether oxygens (including phenoxy) is 1. The van der Waals surface area contributed by atoms with E-state index < -0.39 is 24.0 Å². The number of hydrogen-bond donors (Lipinski definition) is 0. The number of halogens is 1. The molecule has 0 saturated carbocycles. The molecule has 32 heavy (non-hydrogen) atoms. The normalized spacial score (nSPS) is 22.4. The van der Waals surface area contributed by atoms with E-state index in [9.17, 15) is 9.59 Å². The molecule has 0 bridgehead atoms. The smallest absolute Gasteiger partial charge is 0.266 e. The Balaban J connectivity index is 1.63. The van der Waals surface area contributed by atoms with E-state index in [0.717, 1.165) is 11.3 Å². The molecular formula is C25H21ClN2O4. The van der Waals surface area contributed by atoms with Crippen molar-refractivity contribution in [2.45, 2.75) is 19.1 Å². The molecule has 5 rings (SSSR count). The van der Waals surface area contributed by atoms with Crippen LogP contribution >= 0.6 is 11.6 Å². The van der Waals surface area contributed by atoms with Crippen molar-refractivity contribution >= 4 is 34.8 Å². The highest BCUT2D eigenvalue weighted by Crippen LogP contribution is 2.49. The van der Waals surface area contributed by atoms with Gasteiger partial charge in [-0.15, -0.1) is 0 Å². The number of carbonyl (C=O) groups is 2. The van der Waals surface area contributed by atoms with Crippen molar-refractivity contribution in [3.63, 3.8) is 0 Å². The number of imide groups is 1. The van der Waals surface area contributed by atoms with Gasteiger partial charge in [-0.25, -0.2) is 9.96 Å². The summed E-state index contributed by atoms with van der Waals surface area (Å²) < 4.78 is 5.59. The Morgan fingerprint density at radius 3 is 2.38 bits per heavy atom. The Bertz CT molecular complexity index is 1200. The van der Waals surface area contributed by atoms with E-state index >= 15 is 0 Å². The Morgan fingerprint density at radius 2 is 1.62 bits per heavy atom. The van der Waals surface area contributed by atoms with Crippen LogP contribution in [0.5, 0.6) is 5.75 Å². The number of hydrogen-bond acceptors (Lipinski definition) is 5. The first-order valence-corrected chi connectivity index (χ1v) is 10.7. The van der Waals surface area contributed by atoms with Crippen LogP contribution in [0.25, 0.3) is 0 Å². The average Bonchev–Trinajstić information content (AvgIpc) is 3.32. The van der Waals surface area contributed by atoms with E-state index in [4.69, 9.17) is 21.2 Å². The van der Waals surface area contributed by atoms with Crippen molar-refractivity contribution in [2.75, 3.05) is 17.1 Å². The summed E-state index contributed by atoms with van der Waals surface area (Å²) in [7, 11) is 1.59. The number of hydroxylamine groups is 1. The van der Waals surface area contributed by atoms with Crippen LogP contribution in [-0.4, -0.2) is 25.0 Å². The Morgan fingerprint density at radius 1 is 0.906 bits per heavy atom. The number of para-hydroxylation sites is 2. The largest absolute Gasteiger partial charge is 0.496 e. The van der Waals surface area contributed by atoms with Crippen LogP contribution in [-0.2, 0) is 14.4 Å². The minimum Gasteiger partial charge on any atom is -0.496 e. The van der Waals surface area contributed by atoms with Gasteiger partial charge < -0.3 is 4.74 Å². The molecule has 6 nitrogen and oxygen atoms in total. The van der Waals surface area contributed by atoms with E-state index in [2.05, 4.69) is 0 Å². The second kappa shape index (κ2) is 7.97. The van der Waals surface area contributed by atoms with Gasteiger partial charge in [0, 0.05) is 10.6 Å². The number of rotatable bonds is 4. The van der Waals surface area contributed by atoms with Gasteiger partial charge in [0.05, 0.1) is 24.5 Å². The molecule has 0 N–H and O–H groups in total. The summed E-state index contributed by atoms with van der Waals surface area (Å²) in [4.78, 5) is 34.6. The number of methoxy groups -OCH3 is 1. The SMILES string of the molecule is COc1ccccc1[C@H]1[C@H]2C(=O)N(c3cccc(Cl)c3C)C(=O)[C@@H]2ON1c1ccccc1. The predicted molar refractivity (Wildman–Crippen MR) is 122 cm³/mol. The molecular weight excluding hydrogens is 428 g/mol. The van der Waals surface area contributed by atoms with Crippen molar-refractivity contribution < 1.29 is 19.2 Å². The molecule has 7 heteroatoms. The van der Waals surface area contributed by atoms with E-state index in [1.54, 1.807) is 37.3 Å². The molecule has 0 aromatic heterocycles. The topological polar surface area (TPSA) is 59.1 Å². The third kappa shape index (κ3) is 3.06. The Labute approximate surface area is 190 Å². The van der Waals surface area contributed by atoms with Crippen molar-refractivity contribution in [1.82, 2.24) is 0 Å². The van der Waals surface area contributed by atoms with Gasteiger partial charge in [0.15, 0.2) is 6.10 Å². The van der Waals surface area contributed by atoms with Gasteiger partial charge in [-0.1, -0.05) is 54.1 Å². The molecule has 3 aromatic rings. The predicted octanol–water partition coefficient (Wildman–Crippen LogP) is 4.71. The molecule has 2 aliphatic heterocycles. The third-order valence-corrected chi connectivity index (χ3v) is 6.47. The lowest BCUT2D eigenvalue weighted by molar-refractivity contribution is -0.126. The van der Waals surface area contributed by atoms with Gasteiger partial charge in [0.25, 0.3) is 5.91 Å². The van der Waals surface area contributed by atoms with Crippen LogP contribution in [0.2, 0.25) is 5.02 Å². The molecule has 2 saturated heterocycles. The fourth-order valence-corrected chi connectivity index (χ4v) is 4.69. The number of fused-ring (bicyclic) bond motifs is 1. The maximum atomic E-state index is 13.7. The second-order valence-corrected chi connectivity index (χ2v) is 8.20. The third-order valence-electron chi connectivity index (χ3n) is 6.06. The van der Waals surface area contributed by atoms with Gasteiger partial charge in [-0.3, -0.25) is 14.4 Å². The zero-order chi connectivity index (χ0) is 22.4. The zero-order valence-electron chi connectivity index (χ0n) is 17.6. The van der Waals surface area contributed by atoms with Crippen molar-refractivity contribution in [3.05, 3.63) is 88.9 Å². The number of anilines is 2. The molecule has 2 heterocycles. The van der Waals surface area contributed by atoms with Crippen LogP contribution in [0.3, 0.4) is 0 Å². The van der Waals surface area contributed by atoms with Crippen LogP contribution in [0.15, 0.2) is 72.8 Å². The lowest BCUT2D eigenvalue weighted by Gasteiger charge is -2.29. The molecule has 3 aromatic carbocycles. The van der Waals surface area contributed by atoms with E-state index in [1.807, 2.05) is 54.6 Å². The molecule has 0 spiro atoms. The minimum absolute atomic E-state index is 0.320. The molecule has 3 atom stereocenters. The van der Waals surface area contributed by atoms with E-state index in [0.29, 0.717) is 22.0 Å². The number of nitrogens with zero attached hydrogens (tertiary/aromatic N) is 2. The average molecular weight is 449 g/mol. The highest BCUT2D eigenvalue weighted by atomic mass is 35.5. The Hall–Kier alpha value is -3.35. The molecule has 2 fully saturated rings. The quantitative estimate of drug-likeness (QED) is 0.541. The molecule has 0 aliphatic carbocycles. The van der Waals surface area contributed by atoms with Crippen LogP contribution in [0, 0.1) is 12.8 Å². The lowest BCUT2D eigenvalue weighted by Crippen LogP contribution is -2.37. The maximum absolute atomic E-state index is 13.7. The van der Waals surface area contributed by atoms with Gasteiger partial charge in [0.2, 0.25) is 5.91 Å². The number of carbonyl (C=O) groups excluding carboxylic acids is 2. The zero-order valence-corrected chi connectivity index (χ0v) is 18.3. The molecule has 2 aliphatic rings. The minimum atomic E-state index is -0.948. The summed E-state index contributed by atoms with van der Waals surface area (Å²) in [6.45, 7) is 1.79. The highest BCUT2D eigenvalue weighted by Gasteiger charge is 2.60. The summed E-state index contributed by atoms with van der Waals surface area (Å²) in [5.41, 5.74) is 2.68. The summed E-state index contributed by atoms with van der Waals surface area (Å²) >= 11 is 6.27. The van der Waals surface area contributed by atoms with Gasteiger partial charge in [-0.2, -0.15) is 0 Å². The van der Waals surface area contributed by atoms with Gasteiger partial charge >= 0.3 is 0 Å². The first-order valence-electron chi connectivity index (χ1n) is 10.3. The van der Waals surface area contributed by atoms with Gasteiger partial charge in [0.1, 0.15) is 11.7 Å². The van der Waals surface area contributed by atoms with E-state index in [-0.39, 0.29) is 5.91 Å². The fraction of sp³-hybridized carbons (Fsp3) is 0.200. The maximum Gasteiger partial charge on any atom is 0.266 e. The monoisotopic (exact) mass is 448 g/mol. The first-order chi connectivity index (χ1) is 15.5. The highest BCUT2D eigenvalue weighted by molar-refractivity contribution is 6.32. The summed E-state index contributed by atoms with van der Waals surface area (Å²) in [6.07, 6.45) is -0.948. The van der Waals surface area contributed by atoms with Crippen LogP contribution < -0.4 is 14.7 Å². The second-order valence-electron chi connectivity index (χ2n) is 7.80. The first kappa shape index (κ1) is 20.5. The lowest BCUT2D eigenvalue weighted by atomic mass is 9.90. The summed E-state index contributed by atoms with van der Waals surface area (Å²) in [6, 6.07) is 21.6. The Kier molecular flexibility index (Phi) is 5.12. The molecule has 2 amide bonds. The number of benzene rings is 3.